The molecule has 0 bridgehead atoms. The van der Waals surface area contributed by atoms with E-state index in [1.807, 2.05) is 47.4 Å². The van der Waals surface area contributed by atoms with Gasteiger partial charge in [0.1, 0.15) is 5.75 Å². The number of likely N-dealkylation sites (tertiary alicyclic amines) is 1. The summed E-state index contributed by atoms with van der Waals surface area (Å²) in [4.78, 5) is 30.0. The number of methoxy groups -OCH3 is 1. The van der Waals surface area contributed by atoms with Crippen molar-refractivity contribution in [2.24, 2.45) is 5.92 Å². The summed E-state index contributed by atoms with van der Waals surface area (Å²) in [7, 11) is 3.41. The van der Waals surface area contributed by atoms with Gasteiger partial charge in [0, 0.05) is 26.6 Å². The molecule has 2 heterocycles. The van der Waals surface area contributed by atoms with E-state index in [2.05, 4.69) is 6.92 Å². The summed E-state index contributed by atoms with van der Waals surface area (Å²) < 4.78 is 16.1. The summed E-state index contributed by atoms with van der Waals surface area (Å²) in [6.07, 6.45) is 2.12. The van der Waals surface area contributed by atoms with Gasteiger partial charge in [-0.25, -0.2) is 0 Å². The highest BCUT2D eigenvalue weighted by atomic mass is 16.7. The summed E-state index contributed by atoms with van der Waals surface area (Å²) in [5.74, 6) is 1.74. The molecule has 0 aromatic heterocycles. The van der Waals surface area contributed by atoms with Crippen molar-refractivity contribution in [2.75, 3.05) is 27.5 Å². The molecule has 2 amide bonds. The van der Waals surface area contributed by atoms with Crippen molar-refractivity contribution < 1.29 is 23.8 Å². The van der Waals surface area contributed by atoms with Crippen molar-refractivity contribution in [3.63, 3.8) is 0 Å². The van der Waals surface area contributed by atoms with Gasteiger partial charge in [-0.1, -0.05) is 31.5 Å². The van der Waals surface area contributed by atoms with Gasteiger partial charge in [0.2, 0.25) is 18.6 Å². The topological polar surface area (TPSA) is 68.3 Å². The average molecular weight is 439 g/mol. The predicted molar refractivity (Wildman–Crippen MR) is 120 cm³/mol. The smallest absolute Gasteiger partial charge is 0.231 e. The lowest BCUT2D eigenvalue weighted by Gasteiger charge is -2.30. The van der Waals surface area contributed by atoms with Crippen molar-refractivity contribution in [1.82, 2.24) is 9.80 Å². The molecular weight excluding hydrogens is 408 g/mol. The van der Waals surface area contributed by atoms with Crippen molar-refractivity contribution >= 4 is 11.8 Å². The number of carbonyl (C=O) groups excluding carboxylic acids is 2. The summed E-state index contributed by atoms with van der Waals surface area (Å²) >= 11 is 0. The van der Waals surface area contributed by atoms with Gasteiger partial charge in [-0.2, -0.15) is 0 Å². The number of fused-ring (bicyclic) bond motifs is 1. The molecule has 0 saturated carbocycles. The number of amides is 2. The number of hydrogen-bond donors (Lipinski definition) is 0. The fourth-order valence-corrected chi connectivity index (χ4v) is 4.49. The largest absolute Gasteiger partial charge is 0.497 e. The van der Waals surface area contributed by atoms with Crippen LogP contribution in [0.2, 0.25) is 0 Å². The highest BCUT2D eigenvalue weighted by Crippen LogP contribution is 2.40. The predicted octanol–water partition coefficient (Wildman–Crippen LogP) is 3.77. The number of benzene rings is 2. The number of ether oxygens (including phenoxy) is 3. The Morgan fingerprint density at radius 3 is 2.62 bits per heavy atom. The average Bonchev–Trinajstić information content (AvgIpc) is 3.40. The second kappa shape index (κ2) is 9.51. The Hall–Kier alpha value is -3.22. The van der Waals surface area contributed by atoms with Crippen LogP contribution in [0.3, 0.4) is 0 Å². The highest BCUT2D eigenvalue weighted by molar-refractivity contribution is 5.90. The Morgan fingerprint density at radius 1 is 1.16 bits per heavy atom. The van der Waals surface area contributed by atoms with Gasteiger partial charge in [-0.05, 0) is 41.8 Å². The van der Waals surface area contributed by atoms with E-state index in [4.69, 9.17) is 14.2 Å². The molecule has 2 aliphatic rings. The minimum Gasteiger partial charge on any atom is -0.497 e. The van der Waals surface area contributed by atoms with Gasteiger partial charge >= 0.3 is 0 Å². The third-order valence-corrected chi connectivity index (χ3v) is 6.19. The first-order valence-electron chi connectivity index (χ1n) is 11.1. The third kappa shape index (κ3) is 4.38. The molecule has 1 fully saturated rings. The molecule has 0 aliphatic carbocycles. The van der Waals surface area contributed by atoms with Crippen LogP contribution in [0, 0.1) is 5.92 Å². The minimum atomic E-state index is -0.424. The van der Waals surface area contributed by atoms with Gasteiger partial charge in [0.05, 0.1) is 19.1 Å². The molecule has 1 saturated heterocycles. The number of rotatable bonds is 8. The fourth-order valence-electron chi connectivity index (χ4n) is 4.49. The number of unbranched alkanes of at least 4 members (excludes halogenated alkanes) is 1. The molecule has 7 heteroatoms. The van der Waals surface area contributed by atoms with Crippen LogP contribution >= 0.6 is 0 Å². The third-order valence-electron chi connectivity index (χ3n) is 6.19. The maximum atomic E-state index is 13.5. The molecule has 0 radical (unpaired) electrons. The van der Waals surface area contributed by atoms with Crippen LogP contribution < -0.4 is 14.2 Å². The molecule has 2 aromatic rings. The molecule has 170 valence electrons. The Morgan fingerprint density at radius 2 is 1.91 bits per heavy atom. The summed E-state index contributed by atoms with van der Waals surface area (Å²) in [5.41, 5.74) is 1.92. The maximum absolute atomic E-state index is 13.5. The molecule has 2 aromatic carbocycles. The SMILES string of the molecule is CCCCN1C(=O)C[C@@H](C(=O)N(C)Cc2ccc3c(c2)OCO3)[C@H]1c1ccc(OC)cc1. The van der Waals surface area contributed by atoms with E-state index in [0.29, 0.717) is 18.8 Å². The normalized spacial score (nSPS) is 19.3. The van der Waals surface area contributed by atoms with E-state index in [1.54, 1.807) is 19.1 Å². The first-order valence-corrected chi connectivity index (χ1v) is 11.1. The first-order chi connectivity index (χ1) is 15.5. The van der Waals surface area contributed by atoms with Crippen LogP contribution in [-0.4, -0.2) is 49.1 Å². The Labute approximate surface area is 188 Å². The second-order valence-corrected chi connectivity index (χ2v) is 8.35. The van der Waals surface area contributed by atoms with E-state index >= 15 is 0 Å². The number of carbonyl (C=O) groups is 2. The number of nitrogens with zero attached hydrogens (tertiary/aromatic N) is 2. The van der Waals surface area contributed by atoms with Gasteiger partial charge in [-0.3, -0.25) is 9.59 Å². The Balaban J connectivity index is 1.55. The quantitative estimate of drug-likeness (QED) is 0.628. The lowest BCUT2D eigenvalue weighted by atomic mass is 9.92. The number of hydrogen-bond acceptors (Lipinski definition) is 5. The van der Waals surface area contributed by atoms with E-state index in [1.165, 1.54) is 0 Å². The van der Waals surface area contributed by atoms with Gasteiger partial charge in [0.25, 0.3) is 0 Å². The highest BCUT2D eigenvalue weighted by Gasteiger charge is 2.45. The molecule has 2 aliphatic heterocycles. The lowest BCUT2D eigenvalue weighted by molar-refractivity contribution is -0.135. The molecule has 0 N–H and O–H groups in total. The van der Waals surface area contributed by atoms with Crippen LogP contribution in [0.15, 0.2) is 42.5 Å². The molecule has 7 nitrogen and oxygen atoms in total. The molecule has 0 spiro atoms. The maximum Gasteiger partial charge on any atom is 0.231 e. The lowest BCUT2D eigenvalue weighted by Crippen LogP contribution is -2.37. The monoisotopic (exact) mass is 438 g/mol. The van der Waals surface area contributed by atoms with Gasteiger partial charge in [-0.15, -0.1) is 0 Å². The van der Waals surface area contributed by atoms with Crippen molar-refractivity contribution in [3.05, 3.63) is 53.6 Å². The summed E-state index contributed by atoms with van der Waals surface area (Å²) in [6, 6.07) is 13.1. The van der Waals surface area contributed by atoms with Crippen LogP contribution in [0.25, 0.3) is 0 Å². The van der Waals surface area contributed by atoms with Gasteiger partial charge in [0.15, 0.2) is 11.5 Å². The minimum absolute atomic E-state index is 0.0316. The summed E-state index contributed by atoms with van der Waals surface area (Å²) in [5, 5.41) is 0. The van der Waals surface area contributed by atoms with Crippen molar-refractivity contribution in [3.8, 4) is 17.2 Å². The summed E-state index contributed by atoms with van der Waals surface area (Å²) in [6.45, 7) is 3.41. The Kier molecular flexibility index (Phi) is 6.53. The zero-order chi connectivity index (χ0) is 22.7. The molecule has 2 atom stereocenters. The van der Waals surface area contributed by atoms with E-state index in [9.17, 15) is 9.59 Å². The molecule has 4 rings (SSSR count). The zero-order valence-corrected chi connectivity index (χ0v) is 18.9. The van der Waals surface area contributed by atoms with Crippen molar-refractivity contribution in [2.45, 2.75) is 38.8 Å². The molecular formula is C25H30N2O5. The molecule has 32 heavy (non-hydrogen) atoms. The van der Waals surface area contributed by atoms with Crippen molar-refractivity contribution in [1.29, 1.82) is 0 Å². The standard InChI is InChI=1S/C25H30N2O5/c1-4-5-12-27-23(28)14-20(24(27)18-7-9-19(30-3)10-8-18)25(29)26(2)15-17-6-11-21-22(13-17)32-16-31-21/h6-11,13,20,24H,4-5,12,14-16H2,1-3H3/t20-,24-/m1/s1. The second-order valence-electron chi connectivity index (χ2n) is 8.35. The zero-order valence-electron chi connectivity index (χ0n) is 18.9. The van der Waals surface area contributed by atoms with Crippen LogP contribution in [0.1, 0.15) is 43.4 Å². The molecule has 0 unspecified atom stereocenters. The van der Waals surface area contributed by atoms with Crippen LogP contribution in [0.5, 0.6) is 17.2 Å². The van der Waals surface area contributed by atoms with Crippen LogP contribution in [0.4, 0.5) is 0 Å². The first kappa shape index (κ1) is 22.0. The van der Waals surface area contributed by atoms with E-state index in [0.717, 1.165) is 35.5 Å². The fraction of sp³-hybridized carbons (Fsp3) is 0.440. The van der Waals surface area contributed by atoms with E-state index in [-0.39, 0.29) is 31.1 Å². The van der Waals surface area contributed by atoms with Gasteiger partial charge < -0.3 is 24.0 Å². The Bertz CT molecular complexity index is 975. The van der Waals surface area contributed by atoms with E-state index < -0.39 is 5.92 Å². The van der Waals surface area contributed by atoms with Crippen LogP contribution in [-0.2, 0) is 16.1 Å².